The van der Waals surface area contributed by atoms with Crippen LogP contribution in [0.3, 0.4) is 0 Å². The molecule has 0 unspecified atom stereocenters. The summed E-state index contributed by atoms with van der Waals surface area (Å²) in [6.45, 7) is 0. The lowest BCUT2D eigenvalue weighted by molar-refractivity contribution is 1.32. The molecule has 1 rings (SSSR count). The maximum absolute atomic E-state index is 3.92. The SMILES string of the molecule is S/C=C\c1cccnc1. The molecule has 9 heavy (non-hydrogen) atoms. The van der Waals surface area contributed by atoms with Crippen LogP contribution in [0.4, 0.5) is 0 Å². The van der Waals surface area contributed by atoms with Gasteiger partial charge in [0.05, 0.1) is 0 Å². The molecule has 0 bridgehead atoms. The Morgan fingerprint density at radius 3 is 3.00 bits per heavy atom. The summed E-state index contributed by atoms with van der Waals surface area (Å²) in [4.78, 5) is 3.92. The molecule has 0 aliphatic rings. The fourth-order valence-corrected chi connectivity index (χ4v) is 0.733. The summed E-state index contributed by atoms with van der Waals surface area (Å²) < 4.78 is 0. The average molecular weight is 137 g/mol. The van der Waals surface area contributed by atoms with Gasteiger partial charge in [-0.1, -0.05) is 6.07 Å². The number of nitrogens with zero attached hydrogens (tertiary/aromatic N) is 1. The molecule has 0 aliphatic heterocycles. The zero-order valence-electron chi connectivity index (χ0n) is 4.86. The number of thiol groups is 1. The van der Waals surface area contributed by atoms with Gasteiger partial charge in [0.25, 0.3) is 0 Å². The summed E-state index contributed by atoms with van der Waals surface area (Å²) in [6.07, 6.45) is 5.42. The maximum Gasteiger partial charge on any atom is 0.0340 e. The quantitative estimate of drug-likeness (QED) is 0.584. The van der Waals surface area contributed by atoms with Gasteiger partial charge >= 0.3 is 0 Å². The van der Waals surface area contributed by atoms with Crippen molar-refractivity contribution in [2.45, 2.75) is 0 Å². The van der Waals surface area contributed by atoms with Crippen LogP contribution in [-0.2, 0) is 0 Å². The molecule has 0 amide bonds. The van der Waals surface area contributed by atoms with Gasteiger partial charge < -0.3 is 0 Å². The van der Waals surface area contributed by atoms with Crippen LogP contribution >= 0.6 is 12.6 Å². The molecule has 0 aromatic carbocycles. The minimum atomic E-state index is 1.08. The van der Waals surface area contributed by atoms with Crippen LogP contribution in [0.25, 0.3) is 6.08 Å². The van der Waals surface area contributed by atoms with Crippen molar-refractivity contribution in [2.75, 3.05) is 0 Å². The third kappa shape index (κ3) is 1.90. The molecule has 0 saturated carbocycles. The van der Waals surface area contributed by atoms with Crippen LogP contribution in [-0.4, -0.2) is 4.98 Å². The molecule has 0 N–H and O–H groups in total. The van der Waals surface area contributed by atoms with Gasteiger partial charge in [-0.05, 0) is 23.1 Å². The fourth-order valence-electron chi connectivity index (χ4n) is 0.561. The number of hydrogen-bond acceptors (Lipinski definition) is 2. The van der Waals surface area contributed by atoms with Crippen molar-refractivity contribution < 1.29 is 0 Å². The Balaban J connectivity index is 2.85. The molecule has 0 aliphatic carbocycles. The predicted molar refractivity (Wildman–Crippen MR) is 42.3 cm³/mol. The van der Waals surface area contributed by atoms with E-state index >= 15 is 0 Å². The first-order valence-electron chi connectivity index (χ1n) is 2.64. The normalized spacial score (nSPS) is 10.3. The van der Waals surface area contributed by atoms with Gasteiger partial charge in [-0.15, -0.1) is 0 Å². The molecule has 0 saturated heterocycles. The predicted octanol–water partition coefficient (Wildman–Crippen LogP) is 1.98. The summed E-state index contributed by atoms with van der Waals surface area (Å²) in [7, 11) is 0. The van der Waals surface area contributed by atoms with Crippen molar-refractivity contribution in [3.63, 3.8) is 0 Å². The summed E-state index contributed by atoms with van der Waals surface area (Å²) in [5.74, 6) is 0. The molecule has 0 atom stereocenters. The van der Waals surface area contributed by atoms with Crippen molar-refractivity contribution in [3.05, 3.63) is 35.5 Å². The van der Waals surface area contributed by atoms with E-state index in [1.807, 2.05) is 18.2 Å². The van der Waals surface area contributed by atoms with E-state index < -0.39 is 0 Å². The molecule has 0 radical (unpaired) electrons. The van der Waals surface area contributed by atoms with Gasteiger partial charge in [-0.3, -0.25) is 4.98 Å². The van der Waals surface area contributed by atoms with Crippen molar-refractivity contribution in [3.8, 4) is 0 Å². The fraction of sp³-hybridized carbons (Fsp3) is 0. The van der Waals surface area contributed by atoms with Crippen LogP contribution in [0.15, 0.2) is 29.9 Å². The van der Waals surface area contributed by atoms with Gasteiger partial charge in [0.2, 0.25) is 0 Å². The summed E-state index contributed by atoms with van der Waals surface area (Å²) in [5.41, 5.74) is 1.08. The van der Waals surface area contributed by atoms with Crippen LogP contribution in [0, 0.1) is 0 Å². The Morgan fingerprint density at radius 2 is 2.44 bits per heavy atom. The Bertz CT molecular complexity index is 193. The van der Waals surface area contributed by atoms with E-state index in [2.05, 4.69) is 17.6 Å². The Kier molecular flexibility index (Phi) is 2.33. The monoisotopic (exact) mass is 137 g/mol. The topological polar surface area (TPSA) is 12.9 Å². The zero-order chi connectivity index (χ0) is 6.53. The highest BCUT2D eigenvalue weighted by molar-refractivity contribution is 7.83. The summed E-state index contributed by atoms with van der Waals surface area (Å²) in [6, 6.07) is 3.86. The molecule has 1 nitrogen and oxygen atoms in total. The lowest BCUT2D eigenvalue weighted by atomic mass is 10.3. The highest BCUT2D eigenvalue weighted by Gasteiger charge is 1.79. The largest absolute Gasteiger partial charge is 0.264 e. The van der Waals surface area contributed by atoms with Crippen molar-refractivity contribution in [1.82, 2.24) is 4.98 Å². The van der Waals surface area contributed by atoms with E-state index in [1.54, 1.807) is 17.8 Å². The second-order valence-electron chi connectivity index (χ2n) is 1.60. The summed E-state index contributed by atoms with van der Waals surface area (Å²) >= 11 is 3.92. The van der Waals surface area contributed by atoms with Gasteiger partial charge in [0.1, 0.15) is 0 Å². The Hall–Kier alpha value is -0.760. The van der Waals surface area contributed by atoms with Crippen LogP contribution < -0.4 is 0 Å². The van der Waals surface area contributed by atoms with E-state index in [1.165, 1.54) is 0 Å². The number of pyridine rings is 1. The highest BCUT2D eigenvalue weighted by Crippen LogP contribution is 1.98. The molecular formula is C7H7NS. The van der Waals surface area contributed by atoms with Gasteiger partial charge in [-0.25, -0.2) is 0 Å². The minimum Gasteiger partial charge on any atom is -0.264 e. The third-order valence-corrected chi connectivity index (χ3v) is 1.10. The Labute approximate surface area is 59.8 Å². The van der Waals surface area contributed by atoms with Gasteiger partial charge in [-0.2, -0.15) is 12.6 Å². The van der Waals surface area contributed by atoms with Crippen LogP contribution in [0.1, 0.15) is 5.56 Å². The van der Waals surface area contributed by atoms with Crippen molar-refractivity contribution in [1.29, 1.82) is 0 Å². The van der Waals surface area contributed by atoms with Crippen molar-refractivity contribution in [2.24, 2.45) is 0 Å². The van der Waals surface area contributed by atoms with E-state index in [4.69, 9.17) is 0 Å². The number of hydrogen-bond donors (Lipinski definition) is 1. The lowest BCUT2D eigenvalue weighted by Gasteiger charge is -1.86. The van der Waals surface area contributed by atoms with Gasteiger partial charge in [0.15, 0.2) is 0 Å². The molecule has 1 heterocycles. The van der Waals surface area contributed by atoms with E-state index in [-0.39, 0.29) is 0 Å². The molecule has 0 fully saturated rings. The standard InChI is InChI=1S/C7H7NS/c9-5-3-7-2-1-4-8-6-7/h1-6,9H/b5-3-. The molecule has 1 aromatic heterocycles. The van der Waals surface area contributed by atoms with Crippen LogP contribution in [0.5, 0.6) is 0 Å². The highest BCUT2D eigenvalue weighted by atomic mass is 32.1. The summed E-state index contributed by atoms with van der Waals surface area (Å²) in [5, 5.41) is 1.69. The maximum atomic E-state index is 3.92. The first-order chi connectivity index (χ1) is 4.43. The first-order valence-corrected chi connectivity index (χ1v) is 3.16. The minimum absolute atomic E-state index is 1.08. The molecule has 46 valence electrons. The number of rotatable bonds is 1. The lowest BCUT2D eigenvalue weighted by Crippen LogP contribution is -1.70. The molecule has 0 spiro atoms. The smallest absolute Gasteiger partial charge is 0.0340 e. The second kappa shape index (κ2) is 3.30. The second-order valence-corrected chi connectivity index (χ2v) is 1.90. The third-order valence-electron chi connectivity index (χ3n) is 0.951. The average Bonchev–Trinajstić information content (AvgIpc) is 1.91. The molecule has 2 heteroatoms. The zero-order valence-corrected chi connectivity index (χ0v) is 5.75. The first kappa shape index (κ1) is 6.36. The molecule has 1 aromatic rings. The van der Waals surface area contributed by atoms with E-state index in [0.29, 0.717) is 0 Å². The number of aromatic nitrogens is 1. The Morgan fingerprint density at radius 1 is 1.56 bits per heavy atom. The van der Waals surface area contributed by atoms with Gasteiger partial charge in [0, 0.05) is 12.4 Å². The molecular weight excluding hydrogens is 130 g/mol. The van der Waals surface area contributed by atoms with E-state index in [0.717, 1.165) is 5.56 Å². The van der Waals surface area contributed by atoms with Crippen LogP contribution in [0.2, 0.25) is 0 Å². The van der Waals surface area contributed by atoms with E-state index in [9.17, 15) is 0 Å². The van der Waals surface area contributed by atoms with Crippen molar-refractivity contribution >= 4 is 18.7 Å².